The molecule has 4 heteroatoms. The Hall–Kier alpha value is -1.06. The first-order valence-corrected chi connectivity index (χ1v) is 7.03. The number of halogens is 1. The molecule has 1 amide bonds. The number of likely N-dealkylation sites (N-methyl/N-ethyl adjacent to an activating group) is 1. The van der Waals surface area contributed by atoms with Crippen molar-refractivity contribution in [2.45, 2.75) is 45.2 Å². The molecule has 0 heterocycles. The monoisotopic (exact) mass is 282 g/mol. The van der Waals surface area contributed by atoms with Gasteiger partial charge >= 0.3 is 0 Å². The Kier molecular flexibility index (Phi) is 6.32. The molecule has 0 radical (unpaired) electrons. The predicted molar refractivity (Wildman–Crippen MR) is 80.3 cm³/mol. The zero-order chi connectivity index (χ0) is 14.4. The van der Waals surface area contributed by atoms with E-state index >= 15 is 0 Å². The molecule has 0 aromatic heterocycles. The molecule has 0 saturated carbocycles. The minimum absolute atomic E-state index is 0.0731. The molecule has 2 N–H and O–H groups in total. The standard InChI is InChI=1S/C15H23ClN2O/c1-11(17)4-9-15(19)18(3)12(2)10-13-5-7-14(16)8-6-13/h5-8,11-12H,4,9-10,17H2,1-3H3. The second-order valence-electron chi connectivity index (χ2n) is 5.20. The summed E-state index contributed by atoms with van der Waals surface area (Å²) in [6, 6.07) is 7.99. The Morgan fingerprint density at radius 2 is 1.89 bits per heavy atom. The minimum atomic E-state index is 0.0731. The number of carbonyl (C=O) groups excluding carboxylic acids is 1. The van der Waals surface area contributed by atoms with Gasteiger partial charge in [0.2, 0.25) is 5.91 Å². The Morgan fingerprint density at radius 3 is 2.42 bits per heavy atom. The first-order valence-electron chi connectivity index (χ1n) is 6.66. The van der Waals surface area contributed by atoms with Crippen molar-refractivity contribution in [3.05, 3.63) is 34.9 Å². The number of carbonyl (C=O) groups is 1. The van der Waals surface area contributed by atoms with Crippen molar-refractivity contribution in [1.82, 2.24) is 4.90 Å². The van der Waals surface area contributed by atoms with Gasteiger partial charge in [-0.25, -0.2) is 0 Å². The normalized spacial score (nSPS) is 13.9. The molecule has 2 atom stereocenters. The fourth-order valence-electron chi connectivity index (χ4n) is 1.87. The smallest absolute Gasteiger partial charge is 0.222 e. The maximum absolute atomic E-state index is 12.0. The second-order valence-corrected chi connectivity index (χ2v) is 5.64. The SMILES string of the molecule is CC(N)CCC(=O)N(C)C(C)Cc1ccc(Cl)cc1. The van der Waals surface area contributed by atoms with Gasteiger partial charge in [-0.2, -0.15) is 0 Å². The highest BCUT2D eigenvalue weighted by atomic mass is 35.5. The van der Waals surface area contributed by atoms with Crippen LogP contribution in [0.3, 0.4) is 0 Å². The van der Waals surface area contributed by atoms with E-state index in [2.05, 4.69) is 6.92 Å². The van der Waals surface area contributed by atoms with Gasteiger partial charge < -0.3 is 10.6 Å². The van der Waals surface area contributed by atoms with E-state index in [1.54, 1.807) is 4.90 Å². The third kappa shape index (κ3) is 5.62. The number of hydrogen-bond acceptors (Lipinski definition) is 2. The van der Waals surface area contributed by atoms with E-state index < -0.39 is 0 Å². The third-order valence-corrected chi connectivity index (χ3v) is 3.56. The van der Waals surface area contributed by atoms with Crippen molar-refractivity contribution >= 4 is 17.5 Å². The largest absolute Gasteiger partial charge is 0.343 e. The van der Waals surface area contributed by atoms with Crippen LogP contribution in [0.2, 0.25) is 5.02 Å². The van der Waals surface area contributed by atoms with Crippen LogP contribution in [0.1, 0.15) is 32.3 Å². The number of rotatable bonds is 6. The van der Waals surface area contributed by atoms with Crippen LogP contribution in [0.15, 0.2) is 24.3 Å². The third-order valence-electron chi connectivity index (χ3n) is 3.31. The molecule has 106 valence electrons. The van der Waals surface area contributed by atoms with Gasteiger partial charge in [0.1, 0.15) is 0 Å². The number of hydrogen-bond donors (Lipinski definition) is 1. The van der Waals surface area contributed by atoms with E-state index in [0.717, 1.165) is 17.9 Å². The molecule has 19 heavy (non-hydrogen) atoms. The lowest BCUT2D eigenvalue weighted by Crippen LogP contribution is -2.37. The van der Waals surface area contributed by atoms with Gasteiger partial charge in [-0.15, -0.1) is 0 Å². The first-order chi connectivity index (χ1) is 8.90. The fourth-order valence-corrected chi connectivity index (χ4v) is 2.00. The molecule has 1 aromatic carbocycles. The van der Waals surface area contributed by atoms with E-state index in [1.807, 2.05) is 38.2 Å². The molecule has 0 aliphatic heterocycles. The number of benzene rings is 1. The van der Waals surface area contributed by atoms with Gasteiger partial charge in [0.05, 0.1) is 0 Å². The minimum Gasteiger partial charge on any atom is -0.343 e. The predicted octanol–water partition coefficient (Wildman–Crippen LogP) is 2.86. The summed E-state index contributed by atoms with van der Waals surface area (Å²) in [6.45, 7) is 3.98. The average molecular weight is 283 g/mol. The highest BCUT2D eigenvalue weighted by Gasteiger charge is 2.16. The maximum Gasteiger partial charge on any atom is 0.222 e. The van der Waals surface area contributed by atoms with Crippen LogP contribution in [0.4, 0.5) is 0 Å². The summed E-state index contributed by atoms with van der Waals surface area (Å²) in [5, 5.41) is 0.734. The molecule has 0 bridgehead atoms. The topological polar surface area (TPSA) is 46.3 Å². The summed E-state index contributed by atoms with van der Waals surface area (Å²) in [4.78, 5) is 13.8. The molecular formula is C15H23ClN2O. The van der Waals surface area contributed by atoms with Crippen molar-refractivity contribution < 1.29 is 4.79 Å². The van der Waals surface area contributed by atoms with Crippen LogP contribution in [-0.2, 0) is 11.2 Å². The van der Waals surface area contributed by atoms with Crippen molar-refractivity contribution in [3.63, 3.8) is 0 Å². The highest BCUT2D eigenvalue weighted by molar-refractivity contribution is 6.30. The summed E-state index contributed by atoms with van der Waals surface area (Å²) >= 11 is 5.86. The summed E-state index contributed by atoms with van der Waals surface area (Å²) < 4.78 is 0. The molecule has 0 fully saturated rings. The maximum atomic E-state index is 12.0. The molecule has 1 aromatic rings. The van der Waals surface area contributed by atoms with Crippen LogP contribution in [0.5, 0.6) is 0 Å². The van der Waals surface area contributed by atoms with Gasteiger partial charge in [-0.1, -0.05) is 23.7 Å². The van der Waals surface area contributed by atoms with Crippen molar-refractivity contribution in [2.75, 3.05) is 7.05 Å². The number of amides is 1. The molecule has 0 aliphatic rings. The summed E-state index contributed by atoms with van der Waals surface area (Å²) in [5.41, 5.74) is 6.86. The van der Waals surface area contributed by atoms with E-state index in [0.29, 0.717) is 6.42 Å². The molecule has 2 unspecified atom stereocenters. The number of nitrogens with two attached hydrogens (primary N) is 1. The fraction of sp³-hybridized carbons (Fsp3) is 0.533. The molecule has 0 spiro atoms. The first kappa shape index (κ1) is 16.0. The van der Waals surface area contributed by atoms with Gasteiger partial charge in [0.25, 0.3) is 0 Å². The Balaban J connectivity index is 2.49. The van der Waals surface area contributed by atoms with Crippen LogP contribution < -0.4 is 5.73 Å². The quantitative estimate of drug-likeness (QED) is 0.872. The van der Waals surface area contributed by atoms with Crippen molar-refractivity contribution in [3.8, 4) is 0 Å². The molecule has 3 nitrogen and oxygen atoms in total. The van der Waals surface area contributed by atoms with Crippen LogP contribution >= 0.6 is 11.6 Å². The molecule has 0 saturated heterocycles. The summed E-state index contributed by atoms with van der Waals surface area (Å²) in [5.74, 6) is 0.152. The van der Waals surface area contributed by atoms with Gasteiger partial charge in [0.15, 0.2) is 0 Å². The molecule has 1 rings (SSSR count). The molecular weight excluding hydrogens is 260 g/mol. The lowest BCUT2D eigenvalue weighted by molar-refractivity contribution is -0.131. The van der Waals surface area contributed by atoms with E-state index in [-0.39, 0.29) is 18.0 Å². The second kappa shape index (κ2) is 7.51. The summed E-state index contributed by atoms with van der Waals surface area (Å²) in [7, 11) is 1.85. The van der Waals surface area contributed by atoms with Crippen LogP contribution in [-0.4, -0.2) is 29.9 Å². The molecule has 0 aliphatic carbocycles. The lowest BCUT2D eigenvalue weighted by atomic mass is 10.1. The van der Waals surface area contributed by atoms with Crippen LogP contribution in [0, 0.1) is 0 Å². The zero-order valence-electron chi connectivity index (χ0n) is 11.9. The lowest BCUT2D eigenvalue weighted by Gasteiger charge is -2.25. The van der Waals surface area contributed by atoms with Crippen molar-refractivity contribution in [2.24, 2.45) is 5.73 Å². The van der Waals surface area contributed by atoms with E-state index in [1.165, 1.54) is 5.56 Å². The van der Waals surface area contributed by atoms with Gasteiger partial charge in [-0.05, 0) is 44.4 Å². The van der Waals surface area contributed by atoms with Crippen LogP contribution in [0.25, 0.3) is 0 Å². The zero-order valence-corrected chi connectivity index (χ0v) is 12.7. The average Bonchev–Trinajstić information content (AvgIpc) is 2.37. The van der Waals surface area contributed by atoms with Gasteiger partial charge in [0, 0.05) is 30.6 Å². The summed E-state index contributed by atoms with van der Waals surface area (Å²) in [6.07, 6.45) is 2.08. The van der Waals surface area contributed by atoms with Crippen molar-refractivity contribution in [1.29, 1.82) is 0 Å². The van der Waals surface area contributed by atoms with E-state index in [4.69, 9.17) is 17.3 Å². The Bertz CT molecular complexity index is 403. The Labute approximate surface area is 120 Å². The van der Waals surface area contributed by atoms with E-state index in [9.17, 15) is 4.79 Å². The highest BCUT2D eigenvalue weighted by Crippen LogP contribution is 2.13. The van der Waals surface area contributed by atoms with Gasteiger partial charge in [-0.3, -0.25) is 4.79 Å². The Morgan fingerprint density at radius 1 is 1.32 bits per heavy atom. The number of nitrogens with zero attached hydrogens (tertiary/aromatic N) is 1.